The zero-order chi connectivity index (χ0) is 16.7. The van der Waals surface area contributed by atoms with E-state index in [0.29, 0.717) is 12.4 Å². The van der Waals surface area contributed by atoms with Gasteiger partial charge in [0.1, 0.15) is 12.4 Å². The maximum Gasteiger partial charge on any atom is 0.269 e. The number of rotatable bonds is 6. The smallest absolute Gasteiger partial charge is 0.269 e. The van der Waals surface area contributed by atoms with E-state index in [9.17, 15) is 10.1 Å². The Labute approximate surface area is 132 Å². The van der Waals surface area contributed by atoms with Crippen LogP contribution in [-0.2, 0) is 6.61 Å². The molecule has 2 aromatic carbocycles. The Morgan fingerprint density at radius 2 is 1.78 bits per heavy atom. The fourth-order valence-corrected chi connectivity index (χ4v) is 1.69. The van der Waals surface area contributed by atoms with Gasteiger partial charge in [0.15, 0.2) is 0 Å². The van der Waals surface area contributed by atoms with E-state index >= 15 is 0 Å². The third-order valence-corrected chi connectivity index (χ3v) is 2.81. The molecule has 0 radical (unpaired) electrons. The summed E-state index contributed by atoms with van der Waals surface area (Å²) in [7, 11) is 0. The van der Waals surface area contributed by atoms with E-state index in [-0.39, 0.29) is 11.6 Å². The van der Waals surface area contributed by atoms with E-state index in [0.717, 1.165) is 11.1 Å². The van der Waals surface area contributed by atoms with Gasteiger partial charge < -0.3 is 16.2 Å². The molecule has 118 valence electrons. The van der Waals surface area contributed by atoms with Crippen LogP contribution >= 0.6 is 0 Å². The Bertz CT molecular complexity index is 720. The average Bonchev–Trinajstić information content (AvgIpc) is 2.54. The highest BCUT2D eigenvalue weighted by molar-refractivity contribution is 5.81. The van der Waals surface area contributed by atoms with Gasteiger partial charge in [0.25, 0.3) is 5.69 Å². The lowest BCUT2D eigenvalue weighted by atomic mass is 10.2. The van der Waals surface area contributed by atoms with Crippen molar-refractivity contribution >= 4 is 17.9 Å². The zero-order valence-electron chi connectivity index (χ0n) is 12.1. The number of ether oxygens (including phenoxy) is 1. The molecule has 8 nitrogen and oxygen atoms in total. The van der Waals surface area contributed by atoms with Crippen molar-refractivity contribution < 1.29 is 9.66 Å². The van der Waals surface area contributed by atoms with Gasteiger partial charge in [0.2, 0.25) is 5.96 Å². The molecule has 0 aromatic heterocycles. The third kappa shape index (κ3) is 5.12. The fraction of sp³-hybridized carbons (Fsp3) is 0.0667. The van der Waals surface area contributed by atoms with Crippen molar-refractivity contribution in [3.63, 3.8) is 0 Å². The average molecular weight is 313 g/mol. The predicted molar refractivity (Wildman–Crippen MR) is 87.3 cm³/mol. The van der Waals surface area contributed by atoms with E-state index in [2.05, 4.69) is 10.2 Å². The Kier molecular flexibility index (Phi) is 5.24. The van der Waals surface area contributed by atoms with Gasteiger partial charge in [0, 0.05) is 12.1 Å². The van der Waals surface area contributed by atoms with Crippen molar-refractivity contribution in [2.75, 3.05) is 0 Å². The first kappa shape index (κ1) is 16.0. The van der Waals surface area contributed by atoms with E-state index < -0.39 is 4.92 Å². The van der Waals surface area contributed by atoms with Crippen molar-refractivity contribution in [1.82, 2.24) is 0 Å². The summed E-state index contributed by atoms with van der Waals surface area (Å²) in [5.74, 6) is 0.562. The van der Waals surface area contributed by atoms with E-state index in [4.69, 9.17) is 16.2 Å². The van der Waals surface area contributed by atoms with Crippen LogP contribution < -0.4 is 16.2 Å². The number of non-ortho nitro benzene ring substituents is 1. The SMILES string of the molecule is NC(N)=NN=Cc1ccc(OCc2ccc([N+](=O)[O-])cc2)cc1. The number of hydrogen-bond acceptors (Lipinski definition) is 5. The quantitative estimate of drug-likeness (QED) is 0.363. The second-order valence-electron chi connectivity index (χ2n) is 4.55. The summed E-state index contributed by atoms with van der Waals surface area (Å²) in [4.78, 5) is 10.1. The topological polar surface area (TPSA) is 129 Å². The van der Waals surface area contributed by atoms with Crippen LogP contribution in [0.15, 0.2) is 58.7 Å². The molecule has 2 aromatic rings. The number of benzene rings is 2. The first-order valence-electron chi connectivity index (χ1n) is 6.63. The van der Waals surface area contributed by atoms with E-state index in [1.807, 2.05) is 0 Å². The van der Waals surface area contributed by atoms with Crippen molar-refractivity contribution in [1.29, 1.82) is 0 Å². The van der Waals surface area contributed by atoms with Gasteiger partial charge in [-0.2, -0.15) is 5.10 Å². The highest BCUT2D eigenvalue weighted by Gasteiger charge is 2.04. The van der Waals surface area contributed by atoms with Crippen LogP contribution in [0.4, 0.5) is 5.69 Å². The molecule has 0 aliphatic carbocycles. The Balaban J connectivity index is 1.92. The number of hydrogen-bond donors (Lipinski definition) is 2. The summed E-state index contributed by atoms with van der Waals surface area (Å²) in [6.45, 7) is 0.319. The number of nitro benzene ring substituents is 1. The molecule has 0 unspecified atom stereocenters. The van der Waals surface area contributed by atoms with Crippen molar-refractivity contribution in [3.8, 4) is 5.75 Å². The minimum atomic E-state index is -0.437. The van der Waals surface area contributed by atoms with Crippen LogP contribution in [0, 0.1) is 10.1 Å². The monoisotopic (exact) mass is 313 g/mol. The summed E-state index contributed by atoms with van der Waals surface area (Å²) in [6, 6.07) is 13.4. The summed E-state index contributed by atoms with van der Waals surface area (Å²) >= 11 is 0. The minimum absolute atomic E-state index is 0.0539. The maximum atomic E-state index is 10.6. The lowest BCUT2D eigenvalue weighted by Crippen LogP contribution is -2.21. The summed E-state index contributed by atoms with van der Waals surface area (Å²) in [6.07, 6.45) is 1.51. The Morgan fingerprint density at radius 1 is 1.13 bits per heavy atom. The molecule has 23 heavy (non-hydrogen) atoms. The van der Waals surface area contributed by atoms with Crippen LogP contribution in [-0.4, -0.2) is 17.1 Å². The first-order valence-corrected chi connectivity index (χ1v) is 6.63. The molecule has 0 amide bonds. The Hall–Kier alpha value is -3.42. The van der Waals surface area contributed by atoms with Crippen molar-refractivity contribution in [2.24, 2.45) is 21.7 Å². The predicted octanol–water partition coefficient (Wildman–Crippen LogP) is 1.78. The summed E-state index contributed by atoms with van der Waals surface area (Å²) in [5.41, 5.74) is 12.0. The molecule has 0 spiro atoms. The molecule has 8 heteroatoms. The maximum absolute atomic E-state index is 10.6. The van der Waals surface area contributed by atoms with Gasteiger partial charge in [-0.1, -0.05) is 0 Å². The lowest BCUT2D eigenvalue weighted by molar-refractivity contribution is -0.384. The van der Waals surface area contributed by atoms with Crippen LogP contribution in [0.1, 0.15) is 11.1 Å². The fourth-order valence-electron chi connectivity index (χ4n) is 1.69. The normalized spacial score (nSPS) is 10.4. The van der Waals surface area contributed by atoms with Gasteiger partial charge in [-0.15, -0.1) is 5.10 Å². The molecule has 0 atom stereocenters. The van der Waals surface area contributed by atoms with Gasteiger partial charge >= 0.3 is 0 Å². The van der Waals surface area contributed by atoms with Gasteiger partial charge in [-0.3, -0.25) is 10.1 Å². The molecular formula is C15H15N5O3. The van der Waals surface area contributed by atoms with Crippen LogP contribution in [0.2, 0.25) is 0 Å². The van der Waals surface area contributed by atoms with Crippen molar-refractivity contribution in [2.45, 2.75) is 6.61 Å². The minimum Gasteiger partial charge on any atom is -0.489 e. The molecule has 0 bridgehead atoms. The molecule has 0 saturated carbocycles. The standard InChI is InChI=1S/C15H15N5O3/c16-15(17)19-18-9-11-3-7-14(8-4-11)23-10-12-1-5-13(6-2-12)20(21)22/h1-9H,10H2,(H4,16,17,19). The number of guanidine groups is 1. The highest BCUT2D eigenvalue weighted by Crippen LogP contribution is 2.16. The zero-order valence-corrected chi connectivity index (χ0v) is 12.1. The van der Waals surface area contributed by atoms with Crippen LogP contribution in [0.5, 0.6) is 5.75 Å². The van der Waals surface area contributed by atoms with Gasteiger partial charge in [0.05, 0.1) is 11.1 Å². The highest BCUT2D eigenvalue weighted by atomic mass is 16.6. The second kappa shape index (κ2) is 7.55. The summed E-state index contributed by atoms with van der Waals surface area (Å²) < 4.78 is 5.61. The molecular weight excluding hydrogens is 298 g/mol. The Morgan fingerprint density at radius 3 is 2.35 bits per heavy atom. The third-order valence-electron chi connectivity index (χ3n) is 2.81. The van der Waals surface area contributed by atoms with E-state index in [1.165, 1.54) is 18.3 Å². The van der Waals surface area contributed by atoms with Gasteiger partial charge in [-0.05, 0) is 47.5 Å². The second-order valence-corrected chi connectivity index (χ2v) is 4.55. The molecule has 0 heterocycles. The number of nitrogens with zero attached hydrogens (tertiary/aromatic N) is 3. The van der Waals surface area contributed by atoms with Crippen LogP contribution in [0.3, 0.4) is 0 Å². The van der Waals surface area contributed by atoms with Crippen molar-refractivity contribution in [3.05, 3.63) is 69.8 Å². The summed E-state index contributed by atoms with van der Waals surface area (Å²) in [5, 5.41) is 17.8. The molecule has 2 rings (SSSR count). The molecule has 4 N–H and O–H groups in total. The molecule has 0 saturated heterocycles. The molecule has 0 fully saturated rings. The first-order chi connectivity index (χ1) is 11.0. The van der Waals surface area contributed by atoms with E-state index in [1.54, 1.807) is 36.4 Å². The molecule has 0 aliphatic heterocycles. The number of nitrogens with two attached hydrogens (primary N) is 2. The van der Waals surface area contributed by atoms with Gasteiger partial charge in [-0.25, -0.2) is 0 Å². The largest absolute Gasteiger partial charge is 0.489 e. The number of nitro groups is 1. The lowest BCUT2D eigenvalue weighted by Gasteiger charge is -2.06. The molecule has 0 aliphatic rings. The van der Waals surface area contributed by atoms with Crippen LogP contribution in [0.25, 0.3) is 0 Å².